The molecule has 0 heterocycles. The van der Waals surface area contributed by atoms with Crippen LogP contribution in [0.25, 0.3) is 0 Å². The summed E-state index contributed by atoms with van der Waals surface area (Å²) in [6, 6.07) is 3.82. The predicted molar refractivity (Wildman–Crippen MR) is 61.6 cm³/mol. The lowest BCUT2D eigenvalue weighted by atomic mass is 10.0. The molecule has 0 aliphatic carbocycles. The Labute approximate surface area is 94.9 Å². The number of benzene rings is 1. The maximum atomic E-state index is 11.8. The molecule has 0 fully saturated rings. The SMILES string of the molecule is CCC(C)(C)NC(=O)c1cc(O)cc(O)c1. The van der Waals surface area contributed by atoms with Gasteiger partial charge < -0.3 is 15.5 Å². The minimum atomic E-state index is -0.307. The van der Waals surface area contributed by atoms with Gasteiger partial charge in [-0.25, -0.2) is 0 Å². The van der Waals surface area contributed by atoms with Crippen LogP contribution in [0.15, 0.2) is 18.2 Å². The second-order valence-corrected chi connectivity index (χ2v) is 4.43. The zero-order valence-electron chi connectivity index (χ0n) is 9.74. The first-order valence-corrected chi connectivity index (χ1v) is 5.19. The average molecular weight is 223 g/mol. The van der Waals surface area contributed by atoms with Crippen molar-refractivity contribution < 1.29 is 15.0 Å². The molecule has 0 saturated carbocycles. The second kappa shape index (κ2) is 4.43. The lowest BCUT2D eigenvalue weighted by Gasteiger charge is -2.24. The normalized spacial score (nSPS) is 11.2. The largest absolute Gasteiger partial charge is 0.508 e. The fourth-order valence-corrected chi connectivity index (χ4v) is 1.19. The minimum absolute atomic E-state index is 0.126. The molecule has 0 spiro atoms. The minimum Gasteiger partial charge on any atom is -0.508 e. The molecule has 88 valence electrons. The Kier molecular flexibility index (Phi) is 3.42. The van der Waals surface area contributed by atoms with E-state index >= 15 is 0 Å². The average Bonchev–Trinajstić information content (AvgIpc) is 2.15. The van der Waals surface area contributed by atoms with Gasteiger partial charge in [0.15, 0.2) is 0 Å². The van der Waals surface area contributed by atoms with E-state index in [9.17, 15) is 15.0 Å². The molecule has 1 aromatic rings. The van der Waals surface area contributed by atoms with Crippen LogP contribution in [0.3, 0.4) is 0 Å². The van der Waals surface area contributed by atoms with Gasteiger partial charge in [-0.1, -0.05) is 6.92 Å². The van der Waals surface area contributed by atoms with Gasteiger partial charge in [0, 0.05) is 17.2 Å². The van der Waals surface area contributed by atoms with Gasteiger partial charge in [-0.15, -0.1) is 0 Å². The first-order valence-electron chi connectivity index (χ1n) is 5.19. The van der Waals surface area contributed by atoms with Gasteiger partial charge in [-0.05, 0) is 32.4 Å². The molecule has 1 aromatic carbocycles. The Morgan fingerprint density at radius 1 is 1.25 bits per heavy atom. The van der Waals surface area contributed by atoms with Crippen LogP contribution in [0.1, 0.15) is 37.6 Å². The second-order valence-electron chi connectivity index (χ2n) is 4.43. The molecule has 0 bridgehead atoms. The number of phenols is 2. The molecular formula is C12H17NO3. The highest BCUT2D eigenvalue weighted by Gasteiger charge is 2.19. The Morgan fingerprint density at radius 2 is 1.75 bits per heavy atom. The fraction of sp³-hybridized carbons (Fsp3) is 0.417. The Balaban J connectivity index is 2.89. The molecule has 3 N–H and O–H groups in total. The third-order valence-corrected chi connectivity index (χ3v) is 2.50. The summed E-state index contributed by atoms with van der Waals surface area (Å²) in [5.41, 5.74) is -0.0583. The van der Waals surface area contributed by atoms with E-state index in [0.717, 1.165) is 6.42 Å². The van der Waals surface area contributed by atoms with Crippen molar-refractivity contribution in [2.75, 3.05) is 0 Å². The van der Waals surface area contributed by atoms with E-state index in [1.807, 2.05) is 20.8 Å². The van der Waals surface area contributed by atoms with E-state index in [1.54, 1.807) is 0 Å². The maximum Gasteiger partial charge on any atom is 0.251 e. The molecule has 0 radical (unpaired) electrons. The van der Waals surface area contributed by atoms with Gasteiger partial charge in [0.2, 0.25) is 0 Å². The van der Waals surface area contributed by atoms with Gasteiger partial charge >= 0.3 is 0 Å². The van der Waals surface area contributed by atoms with Crippen LogP contribution in [0.2, 0.25) is 0 Å². The first kappa shape index (κ1) is 12.4. The molecule has 0 atom stereocenters. The number of rotatable bonds is 3. The zero-order chi connectivity index (χ0) is 12.3. The number of nitrogens with one attached hydrogen (secondary N) is 1. The van der Waals surface area contributed by atoms with Crippen molar-refractivity contribution in [2.45, 2.75) is 32.7 Å². The highest BCUT2D eigenvalue weighted by Crippen LogP contribution is 2.21. The van der Waals surface area contributed by atoms with Crippen LogP contribution in [-0.4, -0.2) is 21.7 Å². The monoisotopic (exact) mass is 223 g/mol. The van der Waals surface area contributed by atoms with Crippen LogP contribution in [0.5, 0.6) is 11.5 Å². The fourth-order valence-electron chi connectivity index (χ4n) is 1.19. The molecule has 4 nitrogen and oxygen atoms in total. The highest BCUT2D eigenvalue weighted by molar-refractivity contribution is 5.95. The molecule has 0 aliphatic heterocycles. The Morgan fingerprint density at radius 3 is 2.19 bits per heavy atom. The molecular weight excluding hydrogens is 206 g/mol. The lowest BCUT2D eigenvalue weighted by molar-refractivity contribution is 0.0910. The molecule has 0 aliphatic rings. The number of hydrogen-bond donors (Lipinski definition) is 3. The number of carbonyl (C=O) groups excluding carboxylic acids is 1. The summed E-state index contributed by atoms with van der Waals surface area (Å²) in [7, 11) is 0. The van der Waals surface area contributed by atoms with E-state index < -0.39 is 0 Å². The third kappa shape index (κ3) is 3.15. The van der Waals surface area contributed by atoms with Crippen molar-refractivity contribution in [3.63, 3.8) is 0 Å². The number of phenolic OH excluding ortho intramolecular Hbond substituents is 2. The molecule has 1 amide bonds. The van der Waals surface area contributed by atoms with E-state index in [0.29, 0.717) is 0 Å². The molecule has 0 unspecified atom stereocenters. The van der Waals surface area contributed by atoms with Gasteiger partial charge in [-0.2, -0.15) is 0 Å². The van der Waals surface area contributed by atoms with E-state index in [1.165, 1.54) is 18.2 Å². The van der Waals surface area contributed by atoms with Crippen molar-refractivity contribution in [1.29, 1.82) is 0 Å². The summed E-state index contributed by atoms with van der Waals surface area (Å²) in [6.07, 6.45) is 0.795. The van der Waals surface area contributed by atoms with Gasteiger partial charge in [0.25, 0.3) is 5.91 Å². The molecule has 0 aromatic heterocycles. The van der Waals surface area contributed by atoms with Crippen molar-refractivity contribution >= 4 is 5.91 Å². The summed E-state index contributed by atoms with van der Waals surface area (Å²) >= 11 is 0. The van der Waals surface area contributed by atoms with Crippen LogP contribution >= 0.6 is 0 Å². The standard InChI is InChI=1S/C12H17NO3/c1-4-12(2,3)13-11(16)8-5-9(14)7-10(15)6-8/h5-7,14-15H,4H2,1-3H3,(H,13,16). The Bertz CT molecular complexity index is 379. The third-order valence-electron chi connectivity index (χ3n) is 2.50. The number of amides is 1. The van der Waals surface area contributed by atoms with Gasteiger partial charge in [-0.3, -0.25) is 4.79 Å². The molecule has 4 heteroatoms. The number of aromatic hydroxyl groups is 2. The number of carbonyl (C=O) groups is 1. The first-order chi connectivity index (χ1) is 7.34. The molecule has 1 rings (SSSR count). The summed E-state index contributed by atoms with van der Waals surface area (Å²) in [4.78, 5) is 11.8. The van der Waals surface area contributed by atoms with Crippen LogP contribution in [0.4, 0.5) is 0 Å². The van der Waals surface area contributed by atoms with E-state index in [2.05, 4.69) is 5.32 Å². The Hall–Kier alpha value is -1.71. The van der Waals surface area contributed by atoms with Crippen molar-refractivity contribution in [3.05, 3.63) is 23.8 Å². The van der Waals surface area contributed by atoms with Gasteiger partial charge in [0.05, 0.1) is 0 Å². The maximum absolute atomic E-state index is 11.8. The topological polar surface area (TPSA) is 69.6 Å². The lowest BCUT2D eigenvalue weighted by Crippen LogP contribution is -2.42. The van der Waals surface area contributed by atoms with Crippen LogP contribution < -0.4 is 5.32 Å². The van der Waals surface area contributed by atoms with Crippen LogP contribution in [0, 0.1) is 0 Å². The van der Waals surface area contributed by atoms with E-state index in [4.69, 9.17) is 0 Å². The summed E-state index contributed by atoms with van der Waals surface area (Å²) in [5.74, 6) is -0.558. The van der Waals surface area contributed by atoms with Crippen LogP contribution in [-0.2, 0) is 0 Å². The molecule has 16 heavy (non-hydrogen) atoms. The van der Waals surface area contributed by atoms with Gasteiger partial charge in [0.1, 0.15) is 11.5 Å². The quantitative estimate of drug-likeness (QED) is 0.734. The smallest absolute Gasteiger partial charge is 0.251 e. The number of hydrogen-bond acceptors (Lipinski definition) is 3. The van der Waals surface area contributed by atoms with Crippen molar-refractivity contribution in [3.8, 4) is 11.5 Å². The highest BCUT2D eigenvalue weighted by atomic mass is 16.3. The summed E-state index contributed by atoms with van der Waals surface area (Å²) in [5, 5.41) is 21.3. The van der Waals surface area contributed by atoms with E-state index in [-0.39, 0.29) is 28.5 Å². The summed E-state index contributed by atoms with van der Waals surface area (Å²) < 4.78 is 0. The predicted octanol–water partition coefficient (Wildman–Crippen LogP) is 2.02. The van der Waals surface area contributed by atoms with Crippen molar-refractivity contribution in [1.82, 2.24) is 5.32 Å². The zero-order valence-corrected chi connectivity index (χ0v) is 9.74. The van der Waals surface area contributed by atoms with Crippen molar-refractivity contribution in [2.24, 2.45) is 0 Å². The molecule has 0 saturated heterocycles. The summed E-state index contributed by atoms with van der Waals surface area (Å²) in [6.45, 7) is 5.79.